The van der Waals surface area contributed by atoms with Gasteiger partial charge < -0.3 is 0 Å². The summed E-state index contributed by atoms with van der Waals surface area (Å²) in [5.41, 5.74) is 5.53. The van der Waals surface area contributed by atoms with Crippen molar-refractivity contribution in [1.82, 2.24) is 0 Å². The highest BCUT2D eigenvalue weighted by Crippen LogP contribution is 2.18. The van der Waals surface area contributed by atoms with E-state index in [0.29, 0.717) is 5.04 Å². The van der Waals surface area contributed by atoms with Gasteiger partial charge in [0.25, 0.3) is 5.69 Å². The van der Waals surface area contributed by atoms with E-state index in [0.717, 1.165) is 16.8 Å². The lowest BCUT2D eigenvalue weighted by molar-refractivity contribution is -0.384. The molecule has 3 aromatic rings. The third kappa shape index (κ3) is 5.46. The minimum Gasteiger partial charge on any atom is -0.277 e. The summed E-state index contributed by atoms with van der Waals surface area (Å²) in [6.45, 7) is 0. The molecule has 27 heavy (non-hydrogen) atoms. The van der Waals surface area contributed by atoms with Gasteiger partial charge in [-0.15, -0.1) is 0 Å². The van der Waals surface area contributed by atoms with Crippen molar-refractivity contribution in [3.05, 3.63) is 106 Å². The lowest BCUT2D eigenvalue weighted by Gasteiger charge is -2.04. The van der Waals surface area contributed by atoms with Gasteiger partial charge in [-0.05, 0) is 53.4 Å². The van der Waals surface area contributed by atoms with Crippen LogP contribution in [0, 0.1) is 21.3 Å². The van der Waals surface area contributed by atoms with Crippen LogP contribution in [0.15, 0.2) is 90.0 Å². The van der Waals surface area contributed by atoms with Gasteiger partial charge in [0.15, 0.2) is 0 Å². The Morgan fingerprint density at radius 2 is 1.56 bits per heavy atom. The first-order valence-corrected chi connectivity index (χ1v) is 8.90. The normalized spacial score (nSPS) is 10.6. The minimum absolute atomic E-state index is 0.0366. The second-order valence-electron chi connectivity index (χ2n) is 5.39. The van der Waals surface area contributed by atoms with E-state index in [-0.39, 0.29) is 5.69 Å². The van der Waals surface area contributed by atoms with Gasteiger partial charge in [0.2, 0.25) is 0 Å². The highest BCUT2D eigenvalue weighted by atomic mass is 32.2. The van der Waals surface area contributed by atoms with E-state index in [1.165, 1.54) is 23.9 Å². The van der Waals surface area contributed by atoms with Crippen LogP contribution in [-0.2, 0) is 0 Å². The number of hydrogen-bond acceptors (Lipinski definition) is 5. The summed E-state index contributed by atoms with van der Waals surface area (Å²) < 4.78 is 0. The predicted molar refractivity (Wildman–Crippen MR) is 111 cm³/mol. The number of nitrogens with zero attached hydrogens (tertiary/aromatic N) is 2. The number of hydrazone groups is 1. The molecule has 0 spiro atoms. The van der Waals surface area contributed by atoms with E-state index >= 15 is 0 Å². The molecule has 0 radical (unpaired) electrons. The average molecular weight is 373 g/mol. The summed E-state index contributed by atoms with van der Waals surface area (Å²) in [5.74, 6) is 3.07. The first-order chi connectivity index (χ1) is 13.2. The zero-order valence-corrected chi connectivity index (χ0v) is 15.0. The summed E-state index contributed by atoms with van der Waals surface area (Å²) in [6.07, 6.45) is 0. The molecule has 0 aliphatic carbocycles. The van der Waals surface area contributed by atoms with Crippen LogP contribution in [0.5, 0.6) is 0 Å². The molecule has 132 valence electrons. The largest absolute Gasteiger partial charge is 0.277 e. The number of nitro groups is 1. The topological polar surface area (TPSA) is 67.5 Å². The molecule has 0 amide bonds. The Bertz CT molecular complexity index is 992. The van der Waals surface area contributed by atoms with Crippen LogP contribution in [-0.4, -0.2) is 9.97 Å². The third-order valence-electron chi connectivity index (χ3n) is 3.50. The summed E-state index contributed by atoms with van der Waals surface area (Å²) in [6, 6.07) is 25.4. The Labute approximate surface area is 161 Å². The lowest BCUT2D eigenvalue weighted by Crippen LogP contribution is -2.00. The monoisotopic (exact) mass is 373 g/mol. The van der Waals surface area contributed by atoms with E-state index in [9.17, 15) is 10.1 Å². The smallest absolute Gasteiger partial charge is 0.269 e. The molecule has 0 aliphatic heterocycles. The zero-order valence-electron chi connectivity index (χ0n) is 14.2. The standard InChI is InChI=1S/C21H15N3O2S/c25-24(26)20-13-11-18(12-14-20)21(23-22-19-9-5-2-6-10-19)27-16-15-17-7-3-1-4-8-17/h1-14,22H/b23-21+. The highest BCUT2D eigenvalue weighted by Gasteiger charge is 2.08. The first kappa shape index (κ1) is 18.2. The van der Waals surface area contributed by atoms with E-state index in [2.05, 4.69) is 21.7 Å². The van der Waals surface area contributed by atoms with Crippen LogP contribution in [0.3, 0.4) is 0 Å². The van der Waals surface area contributed by atoms with Crippen molar-refractivity contribution < 1.29 is 4.92 Å². The Morgan fingerprint density at radius 1 is 0.926 bits per heavy atom. The molecule has 0 saturated carbocycles. The molecule has 0 unspecified atom stereocenters. The second-order valence-corrected chi connectivity index (χ2v) is 6.19. The van der Waals surface area contributed by atoms with Crippen LogP contribution in [0.1, 0.15) is 11.1 Å². The van der Waals surface area contributed by atoms with Crippen molar-refractivity contribution in [2.45, 2.75) is 0 Å². The lowest BCUT2D eigenvalue weighted by atomic mass is 10.2. The molecular formula is C21H15N3O2S. The molecule has 3 rings (SSSR count). The predicted octanol–water partition coefficient (Wildman–Crippen LogP) is 5.11. The van der Waals surface area contributed by atoms with Crippen molar-refractivity contribution in [3.63, 3.8) is 0 Å². The Balaban J connectivity index is 1.84. The molecule has 0 saturated heterocycles. The minimum atomic E-state index is -0.425. The van der Waals surface area contributed by atoms with Gasteiger partial charge >= 0.3 is 0 Å². The van der Waals surface area contributed by atoms with Crippen molar-refractivity contribution in [1.29, 1.82) is 0 Å². The van der Waals surface area contributed by atoms with E-state index < -0.39 is 4.92 Å². The van der Waals surface area contributed by atoms with Gasteiger partial charge in [-0.1, -0.05) is 42.3 Å². The maximum Gasteiger partial charge on any atom is 0.269 e. The van der Waals surface area contributed by atoms with Crippen LogP contribution in [0.2, 0.25) is 0 Å². The fourth-order valence-electron chi connectivity index (χ4n) is 2.15. The quantitative estimate of drug-likeness (QED) is 0.227. The zero-order chi connectivity index (χ0) is 18.9. The fourth-order valence-corrected chi connectivity index (χ4v) is 2.77. The van der Waals surface area contributed by atoms with E-state index in [1.54, 1.807) is 12.1 Å². The van der Waals surface area contributed by atoms with Crippen LogP contribution < -0.4 is 5.43 Å². The maximum absolute atomic E-state index is 10.9. The SMILES string of the molecule is O=[N+]([O-])c1ccc(/C(=N\Nc2ccccc2)SC#Cc2ccccc2)cc1. The molecular weight excluding hydrogens is 358 g/mol. The number of rotatable bonds is 4. The van der Waals surface area contributed by atoms with Gasteiger partial charge in [-0.3, -0.25) is 15.5 Å². The third-order valence-corrected chi connectivity index (χ3v) is 4.23. The molecule has 0 aliphatic rings. The Kier molecular flexibility index (Phi) is 6.23. The first-order valence-electron chi connectivity index (χ1n) is 8.09. The average Bonchev–Trinajstić information content (AvgIpc) is 2.72. The van der Waals surface area contributed by atoms with E-state index in [1.807, 2.05) is 60.7 Å². The molecule has 0 fully saturated rings. The van der Waals surface area contributed by atoms with Crippen molar-refractivity contribution >= 4 is 28.2 Å². The number of hydrogen-bond donors (Lipinski definition) is 1. The second kappa shape index (κ2) is 9.22. The Hall–Kier alpha value is -3.56. The highest BCUT2D eigenvalue weighted by molar-refractivity contribution is 8.18. The number of nitro benzene ring substituents is 1. The summed E-state index contributed by atoms with van der Waals surface area (Å²) >= 11 is 1.26. The number of benzene rings is 3. The van der Waals surface area contributed by atoms with Gasteiger partial charge in [0.05, 0.1) is 10.6 Å². The van der Waals surface area contributed by atoms with Crippen LogP contribution >= 0.6 is 11.8 Å². The van der Waals surface area contributed by atoms with Crippen molar-refractivity contribution in [2.24, 2.45) is 5.10 Å². The maximum atomic E-state index is 10.9. The Morgan fingerprint density at radius 3 is 2.19 bits per heavy atom. The number of non-ortho nitro benzene ring substituents is 1. The molecule has 0 bridgehead atoms. The molecule has 6 heteroatoms. The molecule has 1 N–H and O–H groups in total. The van der Waals surface area contributed by atoms with Gasteiger partial charge in [-0.25, -0.2) is 0 Å². The van der Waals surface area contributed by atoms with Crippen molar-refractivity contribution in [2.75, 3.05) is 5.43 Å². The number of nitrogens with one attached hydrogen (secondary N) is 1. The van der Waals surface area contributed by atoms with E-state index in [4.69, 9.17) is 0 Å². The number of anilines is 1. The number of para-hydroxylation sites is 1. The van der Waals surface area contributed by atoms with Gasteiger partial charge in [0.1, 0.15) is 5.04 Å². The molecule has 3 aromatic carbocycles. The fraction of sp³-hybridized carbons (Fsp3) is 0. The molecule has 0 aromatic heterocycles. The van der Waals surface area contributed by atoms with Gasteiger partial charge in [-0.2, -0.15) is 5.10 Å². The molecule has 0 heterocycles. The van der Waals surface area contributed by atoms with Gasteiger partial charge in [0, 0.05) is 23.3 Å². The van der Waals surface area contributed by atoms with Crippen LogP contribution in [0.25, 0.3) is 0 Å². The number of thioether (sulfide) groups is 1. The summed E-state index contributed by atoms with van der Waals surface area (Å²) in [7, 11) is 0. The molecule has 0 atom stereocenters. The van der Waals surface area contributed by atoms with Crippen molar-refractivity contribution in [3.8, 4) is 11.2 Å². The summed E-state index contributed by atoms with van der Waals surface area (Å²) in [5, 5.41) is 18.9. The molecule has 5 nitrogen and oxygen atoms in total. The van der Waals surface area contributed by atoms with Crippen LogP contribution in [0.4, 0.5) is 11.4 Å². The summed E-state index contributed by atoms with van der Waals surface area (Å²) in [4.78, 5) is 10.4.